The molecular formula is C24H17Cl3N2O3. The van der Waals surface area contributed by atoms with Crippen molar-refractivity contribution in [2.24, 2.45) is 0 Å². The average Bonchev–Trinajstić information content (AvgIpc) is 2.76. The standard InChI is InChI=1S/C24H17Cl3N2O3/c1-31-22-7-6-15(9-23(22)32-14-16-4-2-3-5-21(16)27)8-17(13-28)24(30)29-20-11-18(25)10-19(26)12-20/h2-12H,14H2,1H3,(H,29,30). The number of carbonyl (C=O) groups is 1. The number of ether oxygens (including phenoxy) is 2. The fourth-order valence-corrected chi connectivity index (χ4v) is 3.52. The molecule has 0 unspecified atom stereocenters. The summed E-state index contributed by atoms with van der Waals surface area (Å²) in [7, 11) is 1.53. The maximum atomic E-state index is 12.6. The van der Waals surface area contributed by atoms with Crippen molar-refractivity contribution in [2.45, 2.75) is 6.61 Å². The van der Waals surface area contributed by atoms with Crippen LogP contribution < -0.4 is 14.8 Å². The van der Waals surface area contributed by atoms with Crippen LogP contribution >= 0.6 is 34.8 Å². The summed E-state index contributed by atoms with van der Waals surface area (Å²) in [5.41, 5.74) is 1.67. The Hall–Kier alpha value is -3.17. The molecule has 162 valence electrons. The molecule has 0 radical (unpaired) electrons. The van der Waals surface area contributed by atoms with Crippen molar-refractivity contribution in [2.75, 3.05) is 12.4 Å². The van der Waals surface area contributed by atoms with Crippen molar-refractivity contribution in [3.8, 4) is 17.6 Å². The molecule has 5 nitrogen and oxygen atoms in total. The molecule has 0 aliphatic heterocycles. The Balaban J connectivity index is 1.82. The first kappa shape index (κ1) is 23.5. The Morgan fingerprint density at radius 2 is 1.75 bits per heavy atom. The fourth-order valence-electron chi connectivity index (χ4n) is 2.81. The SMILES string of the molecule is COc1ccc(C=C(C#N)C(=O)Nc2cc(Cl)cc(Cl)c2)cc1OCc1ccccc1Cl. The minimum absolute atomic E-state index is 0.108. The Kier molecular flexibility index (Phi) is 8.02. The van der Waals surface area contributed by atoms with E-state index in [4.69, 9.17) is 44.3 Å². The van der Waals surface area contributed by atoms with Gasteiger partial charge in [0.25, 0.3) is 5.91 Å². The summed E-state index contributed by atoms with van der Waals surface area (Å²) >= 11 is 18.1. The quantitative estimate of drug-likeness (QED) is 0.294. The Morgan fingerprint density at radius 3 is 2.41 bits per heavy atom. The second-order valence-electron chi connectivity index (χ2n) is 6.57. The number of halogens is 3. The number of hydrogen-bond acceptors (Lipinski definition) is 4. The zero-order valence-electron chi connectivity index (χ0n) is 16.9. The maximum absolute atomic E-state index is 12.6. The van der Waals surface area contributed by atoms with E-state index in [-0.39, 0.29) is 12.2 Å². The van der Waals surface area contributed by atoms with Crippen LogP contribution in [0.2, 0.25) is 15.1 Å². The Morgan fingerprint density at radius 1 is 1.03 bits per heavy atom. The molecule has 0 heterocycles. The molecule has 0 aliphatic carbocycles. The van der Waals surface area contributed by atoms with Crippen LogP contribution in [0.4, 0.5) is 5.69 Å². The van der Waals surface area contributed by atoms with Crippen molar-refractivity contribution in [1.82, 2.24) is 0 Å². The van der Waals surface area contributed by atoms with Gasteiger partial charge in [0.1, 0.15) is 18.2 Å². The highest BCUT2D eigenvalue weighted by Crippen LogP contribution is 2.30. The highest BCUT2D eigenvalue weighted by molar-refractivity contribution is 6.35. The van der Waals surface area contributed by atoms with Gasteiger partial charge in [-0.25, -0.2) is 0 Å². The minimum Gasteiger partial charge on any atom is -0.493 e. The highest BCUT2D eigenvalue weighted by atomic mass is 35.5. The number of methoxy groups -OCH3 is 1. The van der Waals surface area contributed by atoms with E-state index in [1.807, 2.05) is 24.3 Å². The van der Waals surface area contributed by atoms with Gasteiger partial charge in [0, 0.05) is 26.3 Å². The van der Waals surface area contributed by atoms with Crippen molar-refractivity contribution in [3.05, 3.63) is 92.4 Å². The molecule has 0 spiro atoms. The predicted molar refractivity (Wildman–Crippen MR) is 127 cm³/mol. The smallest absolute Gasteiger partial charge is 0.266 e. The van der Waals surface area contributed by atoms with Crippen molar-refractivity contribution >= 4 is 52.5 Å². The van der Waals surface area contributed by atoms with Crippen LogP contribution in [-0.2, 0) is 11.4 Å². The van der Waals surface area contributed by atoms with Crippen molar-refractivity contribution in [3.63, 3.8) is 0 Å². The number of carbonyl (C=O) groups excluding carboxylic acids is 1. The van der Waals surface area contributed by atoms with Crippen LogP contribution in [0.3, 0.4) is 0 Å². The molecule has 32 heavy (non-hydrogen) atoms. The van der Waals surface area contributed by atoms with Crippen molar-refractivity contribution in [1.29, 1.82) is 5.26 Å². The van der Waals surface area contributed by atoms with Gasteiger partial charge in [0.15, 0.2) is 11.5 Å². The molecule has 0 fully saturated rings. The summed E-state index contributed by atoms with van der Waals surface area (Å²) in [5, 5.41) is 13.4. The van der Waals surface area contributed by atoms with E-state index in [1.165, 1.54) is 25.3 Å². The molecule has 8 heteroatoms. The first-order chi connectivity index (χ1) is 15.4. The number of nitriles is 1. The predicted octanol–water partition coefficient (Wildman–Crippen LogP) is 6.78. The molecular weight excluding hydrogens is 471 g/mol. The van der Waals surface area contributed by atoms with Crippen LogP contribution in [-0.4, -0.2) is 13.0 Å². The van der Waals surface area contributed by atoms with E-state index in [9.17, 15) is 10.1 Å². The molecule has 0 aromatic heterocycles. The zero-order valence-corrected chi connectivity index (χ0v) is 19.1. The molecule has 0 bridgehead atoms. The molecule has 1 amide bonds. The normalized spacial score (nSPS) is 10.9. The third-order valence-corrected chi connectivity index (χ3v) is 5.13. The number of nitrogens with one attached hydrogen (secondary N) is 1. The summed E-state index contributed by atoms with van der Waals surface area (Å²) in [6.45, 7) is 0.227. The van der Waals surface area contributed by atoms with Crippen LogP contribution in [0.25, 0.3) is 6.08 Å². The van der Waals surface area contributed by atoms with Gasteiger partial charge in [-0.3, -0.25) is 4.79 Å². The van der Waals surface area contributed by atoms with Gasteiger partial charge in [-0.15, -0.1) is 0 Å². The van der Waals surface area contributed by atoms with Crippen LogP contribution in [0.15, 0.2) is 66.2 Å². The number of nitrogens with zero attached hydrogens (tertiary/aromatic N) is 1. The monoisotopic (exact) mass is 486 g/mol. The zero-order chi connectivity index (χ0) is 23.1. The molecule has 3 aromatic rings. The van der Waals surface area contributed by atoms with Gasteiger partial charge >= 0.3 is 0 Å². The van der Waals surface area contributed by atoms with Gasteiger partial charge in [-0.2, -0.15) is 5.26 Å². The maximum Gasteiger partial charge on any atom is 0.266 e. The van der Waals surface area contributed by atoms with Gasteiger partial charge in [0.05, 0.1) is 7.11 Å². The molecule has 1 N–H and O–H groups in total. The van der Waals surface area contributed by atoms with E-state index >= 15 is 0 Å². The van der Waals surface area contributed by atoms with Crippen LogP contribution in [0, 0.1) is 11.3 Å². The molecule has 0 saturated carbocycles. The first-order valence-electron chi connectivity index (χ1n) is 9.33. The molecule has 0 atom stereocenters. The van der Waals surface area contributed by atoms with Gasteiger partial charge in [-0.1, -0.05) is 59.1 Å². The summed E-state index contributed by atoms with van der Waals surface area (Å²) in [6, 6.07) is 18.9. The summed E-state index contributed by atoms with van der Waals surface area (Å²) in [4.78, 5) is 12.6. The fraction of sp³-hybridized carbons (Fsp3) is 0.0833. The highest BCUT2D eigenvalue weighted by Gasteiger charge is 2.12. The van der Waals surface area contributed by atoms with E-state index < -0.39 is 5.91 Å². The molecule has 3 aromatic carbocycles. The topological polar surface area (TPSA) is 71.3 Å². The van der Waals surface area contributed by atoms with Gasteiger partial charge < -0.3 is 14.8 Å². The van der Waals surface area contributed by atoms with E-state index in [0.717, 1.165) is 5.56 Å². The van der Waals surface area contributed by atoms with E-state index in [1.54, 1.807) is 30.3 Å². The third-order valence-electron chi connectivity index (χ3n) is 4.33. The van der Waals surface area contributed by atoms with E-state index in [0.29, 0.717) is 37.8 Å². The lowest BCUT2D eigenvalue weighted by atomic mass is 10.1. The largest absolute Gasteiger partial charge is 0.493 e. The van der Waals surface area contributed by atoms with Crippen molar-refractivity contribution < 1.29 is 14.3 Å². The molecule has 0 aliphatic rings. The number of rotatable bonds is 7. The number of hydrogen-bond donors (Lipinski definition) is 1. The first-order valence-corrected chi connectivity index (χ1v) is 10.5. The average molecular weight is 488 g/mol. The number of anilines is 1. The lowest BCUT2D eigenvalue weighted by Gasteiger charge is -2.12. The lowest BCUT2D eigenvalue weighted by molar-refractivity contribution is -0.112. The molecule has 0 saturated heterocycles. The number of benzene rings is 3. The number of amides is 1. The lowest BCUT2D eigenvalue weighted by Crippen LogP contribution is -2.13. The van der Waals surface area contributed by atoms with Crippen LogP contribution in [0.5, 0.6) is 11.5 Å². The third kappa shape index (κ3) is 6.18. The summed E-state index contributed by atoms with van der Waals surface area (Å²) in [6.07, 6.45) is 1.45. The molecule has 3 rings (SSSR count). The van der Waals surface area contributed by atoms with Crippen LogP contribution in [0.1, 0.15) is 11.1 Å². The van der Waals surface area contributed by atoms with E-state index in [2.05, 4.69) is 5.32 Å². The Labute approximate surface area is 200 Å². The minimum atomic E-state index is -0.597. The second-order valence-corrected chi connectivity index (χ2v) is 7.85. The summed E-state index contributed by atoms with van der Waals surface area (Å²) in [5.74, 6) is 0.353. The van der Waals surface area contributed by atoms with Gasteiger partial charge in [0.2, 0.25) is 0 Å². The Bertz CT molecular complexity index is 1200. The van der Waals surface area contributed by atoms with Gasteiger partial charge in [-0.05, 0) is 48.0 Å². The summed E-state index contributed by atoms with van der Waals surface area (Å²) < 4.78 is 11.2. The second kappa shape index (κ2) is 10.9.